The predicted octanol–water partition coefficient (Wildman–Crippen LogP) is 3.47. The van der Waals surface area contributed by atoms with Crippen molar-refractivity contribution in [3.05, 3.63) is 71.1 Å². The average Bonchev–Trinajstić information content (AvgIpc) is 3.40. The number of fused-ring (bicyclic) bond motifs is 1. The summed E-state index contributed by atoms with van der Waals surface area (Å²) in [4.78, 5) is 33.0. The second kappa shape index (κ2) is 8.37. The number of rotatable bonds is 5. The number of halogens is 3. The van der Waals surface area contributed by atoms with E-state index >= 15 is 0 Å². The van der Waals surface area contributed by atoms with Crippen molar-refractivity contribution < 1.29 is 27.3 Å². The Morgan fingerprint density at radius 3 is 2.67 bits per heavy atom. The molecular weight excluding hydrogens is 441 g/mol. The van der Waals surface area contributed by atoms with E-state index in [0.29, 0.717) is 11.0 Å². The summed E-state index contributed by atoms with van der Waals surface area (Å²) in [6, 6.07) is 6.46. The molecular formula is C21H17F3N6O3. The first kappa shape index (κ1) is 22.0. The van der Waals surface area contributed by atoms with Gasteiger partial charge in [-0.25, -0.2) is 9.97 Å². The molecule has 2 N–H and O–H groups in total. The van der Waals surface area contributed by atoms with Crippen molar-refractivity contribution in [1.82, 2.24) is 25.0 Å². The van der Waals surface area contributed by atoms with Gasteiger partial charge in [-0.1, -0.05) is 11.2 Å². The number of carbonyl (C=O) groups is 2. The number of benzene rings is 1. The lowest BCUT2D eigenvalue weighted by Crippen LogP contribution is -2.24. The molecule has 4 rings (SSSR count). The number of aryl methyl sites for hydroxylation is 2. The first-order valence-electron chi connectivity index (χ1n) is 9.62. The second-order valence-corrected chi connectivity index (χ2v) is 7.23. The smallest absolute Gasteiger partial charge is 0.351 e. The van der Waals surface area contributed by atoms with E-state index in [4.69, 9.17) is 4.52 Å². The van der Waals surface area contributed by atoms with Crippen LogP contribution < -0.4 is 10.6 Å². The Morgan fingerprint density at radius 2 is 1.91 bits per heavy atom. The Kier molecular flexibility index (Phi) is 5.58. The monoisotopic (exact) mass is 458 g/mol. The molecule has 0 aliphatic heterocycles. The first-order valence-corrected chi connectivity index (χ1v) is 9.62. The molecule has 4 aromatic rings. The summed E-state index contributed by atoms with van der Waals surface area (Å²) in [7, 11) is 1.79. The van der Waals surface area contributed by atoms with E-state index in [1.807, 2.05) is 0 Å². The van der Waals surface area contributed by atoms with Crippen LogP contribution in [0.15, 0.2) is 47.4 Å². The molecule has 0 aliphatic carbocycles. The number of hydrogen-bond donors (Lipinski definition) is 2. The van der Waals surface area contributed by atoms with Crippen molar-refractivity contribution >= 4 is 28.5 Å². The zero-order valence-electron chi connectivity index (χ0n) is 17.4. The SMILES string of the molecule is Cc1ccc(NC(=O)c2cc(CNC(=O)c3ncnc4c3ccn4C)no2)cc1C(F)(F)F. The number of nitrogens with zero attached hydrogens (tertiary/aromatic N) is 4. The van der Waals surface area contributed by atoms with Crippen LogP contribution in [0.5, 0.6) is 0 Å². The molecule has 33 heavy (non-hydrogen) atoms. The van der Waals surface area contributed by atoms with Gasteiger partial charge in [0.05, 0.1) is 17.5 Å². The minimum Gasteiger partial charge on any atom is -0.351 e. The number of alkyl halides is 3. The van der Waals surface area contributed by atoms with E-state index in [0.717, 1.165) is 6.07 Å². The maximum atomic E-state index is 13.1. The maximum absolute atomic E-state index is 13.1. The lowest BCUT2D eigenvalue weighted by atomic mass is 10.1. The van der Waals surface area contributed by atoms with Gasteiger partial charge in [0.1, 0.15) is 23.4 Å². The molecule has 0 fully saturated rings. The highest BCUT2D eigenvalue weighted by Crippen LogP contribution is 2.33. The Morgan fingerprint density at radius 1 is 1.12 bits per heavy atom. The van der Waals surface area contributed by atoms with Crippen LogP contribution in [0, 0.1) is 6.92 Å². The van der Waals surface area contributed by atoms with E-state index in [2.05, 4.69) is 25.8 Å². The maximum Gasteiger partial charge on any atom is 0.416 e. The van der Waals surface area contributed by atoms with Crippen LogP contribution >= 0.6 is 0 Å². The molecule has 12 heteroatoms. The highest BCUT2D eigenvalue weighted by Gasteiger charge is 2.32. The molecule has 0 aliphatic rings. The number of aromatic nitrogens is 4. The quantitative estimate of drug-likeness (QED) is 0.473. The van der Waals surface area contributed by atoms with Gasteiger partial charge in [-0.2, -0.15) is 13.2 Å². The highest BCUT2D eigenvalue weighted by molar-refractivity contribution is 6.04. The van der Waals surface area contributed by atoms with Gasteiger partial charge in [0.15, 0.2) is 0 Å². The third-order valence-corrected chi connectivity index (χ3v) is 4.89. The first-order chi connectivity index (χ1) is 15.6. The van der Waals surface area contributed by atoms with E-state index in [9.17, 15) is 22.8 Å². The van der Waals surface area contributed by atoms with Crippen molar-refractivity contribution in [2.75, 3.05) is 5.32 Å². The molecule has 0 atom stereocenters. The van der Waals surface area contributed by atoms with Crippen molar-refractivity contribution in [1.29, 1.82) is 0 Å². The molecule has 0 bridgehead atoms. The molecule has 3 heterocycles. The Labute approximate surface area is 184 Å². The summed E-state index contributed by atoms with van der Waals surface area (Å²) in [6.07, 6.45) is -1.51. The molecule has 2 amide bonds. The summed E-state index contributed by atoms with van der Waals surface area (Å²) < 4.78 is 45.9. The van der Waals surface area contributed by atoms with Crippen molar-refractivity contribution in [3.8, 4) is 0 Å². The largest absolute Gasteiger partial charge is 0.416 e. The minimum absolute atomic E-state index is 0.0367. The topological polar surface area (TPSA) is 115 Å². The van der Waals surface area contributed by atoms with E-state index in [1.165, 1.54) is 31.5 Å². The zero-order valence-corrected chi connectivity index (χ0v) is 17.4. The fourth-order valence-electron chi connectivity index (χ4n) is 3.21. The van der Waals surface area contributed by atoms with Gasteiger partial charge < -0.3 is 19.7 Å². The minimum atomic E-state index is -4.54. The second-order valence-electron chi connectivity index (χ2n) is 7.23. The van der Waals surface area contributed by atoms with Crippen molar-refractivity contribution in [2.45, 2.75) is 19.6 Å². The summed E-state index contributed by atoms with van der Waals surface area (Å²) >= 11 is 0. The van der Waals surface area contributed by atoms with Crippen LogP contribution in [0.1, 0.15) is 37.9 Å². The van der Waals surface area contributed by atoms with Crippen LogP contribution in [0.2, 0.25) is 0 Å². The molecule has 0 spiro atoms. The number of nitrogens with one attached hydrogen (secondary N) is 2. The van der Waals surface area contributed by atoms with E-state index in [-0.39, 0.29) is 34.9 Å². The van der Waals surface area contributed by atoms with Crippen LogP contribution in [0.4, 0.5) is 18.9 Å². The van der Waals surface area contributed by atoms with E-state index < -0.39 is 23.6 Å². The molecule has 1 aromatic carbocycles. The van der Waals surface area contributed by atoms with E-state index in [1.54, 1.807) is 23.9 Å². The van der Waals surface area contributed by atoms with Gasteiger partial charge in [-0.3, -0.25) is 9.59 Å². The number of hydrogen-bond acceptors (Lipinski definition) is 6. The average molecular weight is 458 g/mol. The summed E-state index contributed by atoms with van der Waals surface area (Å²) in [5, 5.41) is 9.27. The van der Waals surface area contributed by atoms with Crippen molar-refractivity contribution in [2.24, 2.45) is 7.05 Å². The number of carbonyl (C=O) groups excluding carboxylic acids is 2. The standard InChI is InChI=1S/C21H17F3N6O3/c1-11-3-4-12(7-15(11)21(22,23)24)28-19(31)16-8-13(29-33-16)9-25-20(32)17-14-5-6-30(2)18(14)27-10-26-17/h3-8,10H,9H2,1-2H3,(H,25,32)(H,28,31). The predicted molar refractivity (Wildman–Crippen MR) is 110 cm³/mol. The van der Waals surface area contributed by atoms with Gasteiger partial charge in [0, 0.05) is 25.0 Å². The fraction of sp³-hybridized carbons (Fsp3) is 0.190. The Bertz CT molecular complexity index is 1360. The molecule has 9 nitrogen and oxygen atoms in total. The van der Waals surface area contributed by atoms with Crippen LogP contribution in [0.25, 0.3) is 11.0 Å². The molecule has 0 saturated heterocycles. The lowest BCUT2D eigenvalue weighted by molar-refractivity contribution is -0.138. The van der Waals surface area contributed by atoms with Gasteiger partial charge >= 0.3 is 6.18 Å². The lowest BCUT2D eigenvalue weighted by Gasteiger charge is -2.12. The van der Waals surface area contributed by atoms with Crippen LogP contribution in [-0.4, -0.2) is 31.5 Å². The highest BCUT2D eigenvalue weighted by atomic mass is 19.4. The fourth-order valence-corrected chi connectivity index (χ4v) is 3.21. The molecule has 0 unspecified atom stereocenters. The molecule has 170 valence electrons. The molecule has 3 aromatic heterocycles. The Hall–Kier alpha value is -4.22. The van der Waals surface area contributed by atoms with Gasteiger partial charge in [-0.15, -0.1) is 0 Å². The van der Waals surface area contributed by atoms with Gasteiger partial charge in [0.2, 0.25) is 5.76 Å². The zero-order chi connectivity index (χ0) is 23.8. The number of anilines is 1. The van der Waals surface area contributed by atoms with Crippen LogP contribution in [0.3, 0.4) is 0 Å². The molecule has 0 saturated carbocycles. The third-order valence-electron chi connectivity index (χ3n) is 4.89. The number of amides is 2. The third kappa shape index (κ3) is 4.54. The molecule has 0 radical (unpaired) electrons. The Balaban J connectivity index is 1.42. The van der Waals surface area contributed by atoms with Crippen molar-refractivity contribution in [3.63, 3.8) is 0 Å². The van der Waals surface area contributed by atoms with Gasteiger partial charge in [-0.05, 0) is 30.7 Å². The normalized spacial score (nSPS) is 11.5. The summed E-state index contributed by atoms with van der Waals surface area (Å²) in [5.41, 5.74) is 0.168. The summed E-state index contributed by atoms with van der Waals surface area (Å²) in [5.74, 6) is -1.47. The van der Waals surface area contributed by atoms with Gasteiger partial charge in [0.25, 0.3) is 11.8 Å². The van der Waals surface area contributed by atoms with Crippen LogP contribution in [-0.2, 0) is 19.8 Å². The summed E-state index contributed by atoms with van der Waals surface area (Å²) in [6.45, 7) is 1.27.